The number of primary amides is 1. The van der Waals surface area contributed by atoms with Gasteiger partial charge in [0.2, 0.25) is 5.91 Å². The molecule has 0 spiro atoms. The van der Waals surface area contributed by atoms with Gasteiger partial charge in [-0.05, 0) is 12.8 Å². The maximum atomic E-state index is 10.8. The van der Waals surface area contributed by atoms with Crippen molar-refractivity contribution < 1.29 is 14.3 Å². The fourth-order valence-corrected chi connectivity index (χ4v) is 0.789. The highest BCUT2D eigenvalue weighted by atomic mass is 16.5. The van der Waals surface area contributed by atoms with Gasteiger partial charge in [0, 0.05) is 6.92 Å². The van der Waals surface area contributed by atoms with Crippen LogP contribution >= 0.6 is 0 Å². The summed E-state index contributed by atoms with van der Waals surface area (Å²) in [5, 5.41) is 0. The molecule has 0 aliphatic heterocycles. The van der Waals surface area contributed by atoms with Crippen LogP contribution in [0.25, 0.3) is 0 Å². The van der Waals surface area contributed by atoms with E-state index < -0.39 is 0 Å². The minimum atomic E-state index is -0.333. The van der Waals surface area contributed by atoms with Gasteiger partial charge in [0.05, 0.1) is 13.0 Å². The van der Waals surface area contributed by atoms with E-state index in [0.717, 1.165) is 12.8 Å². The number of methoxy groups -OCH3 is 1. The summed E-state index contributed by atoms with van der Waals surface area (Å²) in [6.45, 7) is 5.29. The zero-order valence-electron chi connectivity index (χ0n) is 8.79. The van der Waals surface area contributed by atoms with Gasteiger partial charge >= 0.3 is 5.97 Å². The summed E-state index contributed by atoms with van der Waals surface area (Å²) in [6.07, 6.45) is 1.76. The van der Waals surface area contributed by atoms with Gasteiger partial charge in [-0.3, -0.25) is 9.59 Å². The van der Waals surface area contributed by atoms with E-state index in [1.807, 2.05) is 13.8 Å². The van der Waals surface area contributed by atoms with Crippen molar-refractivity contribution in [3.8, 4) is 0 Å². The van der Waals surface area contributed by atoms with E-state index in [2.05, 4.69) is 10.5 Å². The lowest BCUT2D eigenvalue weighted by atomic mass is 10.0. The average Bonchev–Trinajstić information content (AvgIpc) is 2.05. The van der Waals surface area contributed by atoms with Crippen molar-refractivity contribution >= 4 is 11.9 Å². The molecule has 13 heavy (non-hydrogen) atoms. The number of carbonyl (C=O) groups is 2. The molecular formula is C9H19NO3. The van der Waals surface area contributed by atoms with Gasteiger partial charge < -0.3 is 10.5 Å². The van der Waals surface area contributed by atoms with E-state index in [1.54, 1.807) is 0 Å². The highest BCUT2D eigenvalue weighted by molar-refractivity contribution is 5.72. The van der Waals surface area contributed by atoms with Crippen LogP contribution in [0.3, 0.4) is 0 Å². The molecule has 4 heteroatoms. The lowest BCUT2D eigenvalue weighted by Crippen LogP contribution is -2.13. The first-order valence-corrected chi connectivity index (χ1v) is 4.33. The maximum Gasteiger partial charge on any atom is 0.308 e. The molecule has 0 heterocycles. The summed E-state index contributed by atoms with van der Waals surface area (Å²) in [6, 6.07) is 0. The molecule has 0 saturated carbocycles. The van der Waals surface area contributed by atoms with Crippen molar-refractivity contribution in [3.05, 3.63) is 0 Å². The van der Waals surface area contributed by atoms with E-state index in [1.165, 1.54) is 14.0 Å². The Morgan fingerprint density at radius 1 is 1.31 bits per heavy atom. The van der Waals surface area contributed by atoms with E-state index in [4.69, 9.17) is 0 Å². The number of rotatable bonds is 3. The van der Waals surface area contributed by atoms with Crippen LogP contribution in [-0.4, -0.2) is 19.0 Å². The lowest BCUT2D eigenvalue weighted by Gasteiger charge is -2.07. The number of hydrogen-bond donors (Lipinski definition) is 1. The molecule has 78 valence electrons. The molecular weight excluding hydrogens is 170 g/mol. The second-order valence-electron chi connectivity index (χ2n) is 2.65. The second-order valence-corrected chi connectivity index (χ2v) is 2.65. The van der Waals surface area contributed by atoms with Crippen LogP contribution < -0.4 is 5.73 Å². The summed E-state index contributed by atoms with van der Waals surface area (Å²) >= 11 is 0. The monoisotopic (exact) mass is 189 g/mol. The fourth-order valence-electron chi connectivity index (χ4n) is 0.789. The van der Waals surface area contributed by atoms with E-state index >= 15 is 0 Å². The SMILES string of the molecule is CC(N)=O.CCC(CC)C(=O)OC. The molecule has 0 aromatic rings. The Balaban J connectivity index is 0. The minimum absolute atomic E-state index is 0.0833. The summed E-state index contributed by atoms with van der Waals surface area (Å²) in [4.78, 5) is 20.0. The highest BCUT2D eigenvalue weighted by Gasteiger charge is 2.12. The third-order valence-corrected chi connectivity index (χ3v) is 1.52. The number of esters is 1. The Morgan fingerprint density at radius 3 is 1.69 bits per heavy atom. The van der Waals surface area contributed by atoms with Gasteiger partial charge in [0.25, 0.3) is 0 Å². The summed E-state index contributed by atoms with van der Waals surface area (Å²) in [7, 11) is 1.43. The van der Waals surface area contributed by atoms with Crippen molar-refractivity contribution in [1.82, 2.24) is 0 Å². The van der Waals surface area contributed by atoms with Crippen molar-refractivity contribution in [3.63, 3.8) is 0 Å². The average molecular weight is 189 g/mol. The van der Waals surface area contributed by atoms with Crippen LogP contribution in [0.5, 0.6) is 0 Å². The van der Waals surface area contributed by atoms with Crippen LogP contribution in [0.15, 0.2) is 0 Å². The molecule has 0 unspecified atom stereocenters. The lowest BCUT2D eigenvalue weighted by molar-refractivity contribution is -0.145. The van der Waals surface area contributed by atoms with Crippen LogP contribution in [-0.2, 0) is 14.3 Å². The molecule has 1 amide bonds. The van der Waals surface area contributed by atoms with Crippen molar-refractivity contribution in [2.24, 2.45) is 11.7 Å². The summed E-state index contributed by atoms with van der Waals surface area (Å²) < 4.78 is 4.56. The smallest absolute Gasteiger partial charge is 0.308 e. The first kappa shape index (κ1) is 14.5. The van der Waals surface area contributed by atoms with Crippen molar-refractivity contribution in [2.75, 3.05) is 7.11 Å². The number of nitrogens with two attached hydrogens (primary N) is 1. The third kappa shape index (κ3) is 10.9. The fraction of sp³-hybridized carbons (Fsp3) is 0.778. The second kappa shape index (κ2) is 9.03. The first-order valence-electron chi connectivity index (χ1n) is 4.33. The van der Waals surface area contributed by atoms with Gasteiger partial charge in [-0.1, -0.05) is 13.8 Å². The molecule has 0 saturated heterocycles. The van der Waals surface area contributed by atoms with Crippen LogP contribution in [0, 0.1) is 5.92 Å². The molecule has 0 aromatic heterocycles. The quantitative estimate of drug-likeness (QED) is 0.675. The number of ether oxygens (including phenoxy) is 1. The first-order chi connectivity index (χ1) is 5.99. The molecule has 4 nitrogen and oxygen atoms in total. The number of amides is 1. The highest BCUT2D eigenvalue weighted by Crippen LogP contribution is 2.08. The topological polar surface area (TPSA) is 69.4 Å². The third-order valence-electron chi connectivity index (χ3n) is 1.52. The molecule has 0 radical (unpaired) electrons. The van der Waals surface area contributed by atoms with Crippen LogP contribution in [0.2, 0.25) is 0 Å². The van der Waals surface area contributed by atoms with Crippen molar-refractivity contribution in [2.45, 2.75) is 33.6 Å². The van der Waals surface area contributed by atoms with Crippen molar-refractivity contribution in [1.29, 1.82) is 0 Å². The van der Waals surface area contributed by atoms with Gasteiger partial charge in [0.1, 0.15) is 0 Å². The molecule has 0 aliphatic rings. The molecule has 0 rings (SSSR count). The number of hydrogen-bond acceptors (Lipinski definition) is 3. The molecule has 0 bridgehead atoms. The van der Waals surface area contributed by atoms with Gasteiger partial charge in [-0.25, -0.2) is 0 Å². The van der Waals surface area contributed by atoms with E-state index in [0.29, 0.717) is 0 Å². The maximum absolute atomic E-state index is 10.8. The molecule has 0 atom stereocenters. The Labute approximate surface area is 79.4 Å². The largest absolute Gasteiger partial charge is 0.469 e. The van der Waals surface area contributed by atoms with E-state index in [-0.39, 0.29) is 17.8 Å². The summed E-state index contributed by atoms with van der Waals surface area (Å²) in [5.41, 5.74) is 4.47. The Kier molecular flexibility index (Phi) is 10.0. The van der Waals surface area contributed by atoms with E-state index in [9.17, 15) is 9.59 Å². The predicted octanol–water partition coefficient (Wildman–Crippen LogP) is 1.09. The minimum Gasteiger partial charge on any atom is -0.469 e. The van der Waals surface area contributed by atoms with Gasteiger partial charge in [-0.2, -0.15) is 0 Å². The number of carbonyl (C=O) groups excluding carboxylic acids is 2. The standard InChI is InChI=1S/C7H14O2.C2H5NO/c1-4-6(5-2)7(8)9-3;1-2(3)4/h6H,4-5H2,1-3H3;1H3,(H2,3,4). The molecule has 0 aromatic carbocycles. The van der Waals surface area contributed by atoms with Gasteiger partial charge in [0.15, 0.2) is 0 Å². The van der Waals surface area contributed by atoms with Crippen LogP contribution in [0.1, 0.15) is 33.6 Å². The zero-order chi connectivity index (χ0) is 10.9. The van der Waals surface area contributed by atoms with Gasteiger partial charge in [-0.15, -0.1) is 0 Å². The molecule has 2 N–H and O–H groups in total. The molecule has 0 aliphatic carbocycles. The summed E-state index contributed by atoms with van der Waals surface area (Å²) in [5.74, 6) is -0.310. The Bertz CT molecular complexity index is 149. The Hall–Kier alpha value is -1.06. The van der Waals surface area contributed by atoms with Crippen LogP contribution in [0.4, 0.5) is 0 Å². The molecule has 0 fully saturated rings. The normalized spacial score (nSPS) is 8.69. The zero-order valence-corrected chi connectivity index (χ0v) is 8.79. The Morgan fingerprint density at radius 2 is 1.62 bits per heavy atom. The predicted molar refractivity (Wildman–Crippen MR) is 51.0 cm³/mol.